The highest BCUT2D eigenvalue weighted by Gasteiger charge is 2.11. The van der Waals surface area contributed by atoms with E-state index in [1.807, 2.05) is 0 Å². The number of rotatable bonds is 3. The van der Waals surface area contributed by atoms with Crippen molar-refractivity contribution in [3.63, 3.8) is 0 Å². The first-order valence-corrected chi connectivity index (χ1v) is 6.31. The third-order valence-corrected chi connectivity index (χ3v) is 3.21. The van der Waals surface area contributed by atoms with Crippen molar-refractivity contribution in [2.45, 2.75) is 11.8 Å². The number of benzene rings is 1. The van der Waals surface area contributed by atoms with E-state index in [1.165, 1.54) is 12.1 Å². The molecule has 0 aliphatic rings. The van der Waals surface area contributed by atoms with Gasteiger partial charge in [0.1, 0.15) is 0 Å². The van der Waals surface area contributed by atoms with Gasteiger partial charge in [-0.3, -0.25) is 4.79 Å². The Morgan fingerprint density at radius 1 is 1.39 bits per heavy atom. The first-order valence-electron chi connectivity index (χ1n) is 4.87. The van der Waals surface area contributed by atoms with Crippen LogP contribution in [0.4, 0.5) is 0 Å². The van der Waals surface area contributed by atoms with E-state index in [-0.39, 0.29) is 4.90 Å². The molecule has 0 atom stereocenters. The van der Waals surface area contributed by atoms with Crippen LogP contribution in [0.5, 0.6) is 0 Å². The minimum Gasteiger partial charge on any atom is -0.845 e. The van der Waals surface area contributed by atoms with Crippen LogP contribution in [0.25, 0.3) is 0 Å². The topological polar surface area (TPSA) is 98.7 Å². The molecule has 1 amide bonds. The maximum Gasteiger partial charge on any atom is 0.283 e. The highest BCUT2D eigenvalue weighted by atomic mass is 32.2. The number of nitrogens with zero attached hydrogens (tertiary/aromatic N) is 1. The van der Waals surface area contributed by atoms with E-state index in [2.05, 4.69) is 11.0 Å². The minimum absolute atomic E-state index is 0.116. The minimum atomic E-state index is -4.10. The van der Waals surface area contributed by atoms with Crippen LogP contribution >= 0.6 is 0 Å². The standard InChI is InChI=1S/C11H12N2O4S/c1-3-10(14)12-11(15)13-18(16,17)9-6-4-8(2)5-7-9/h3-7H,1H2,2H3,(H2,12,13,14,15)/p-1. The van der Waals surface area contributed by atoms with Crippen molar-refractivity contribution in [2.24, 2.45) is 4.40 Å². The second-order valence-electron chi connectivity index (χ2n) is 3.38. The zero-order valence-electron chi connectivity index (χ0n) is 9.58. The van der Waals surface area contributed by atoms with E-state index in [4.69, 9.17) is 0 Å². The van der Waals surface area contributed by atoms with Crippen molar-refractivity contribution in [1.29, 1.82) is 0 Å². The third-order valence-electron chi connectivity index (χ3n) is 1.94. The molecular formula is C11H11N2O4S-. The van der Waals surface area contributed by atoms with Crippen LogP contribution in [0.3, 0.4) is 0 Å². The summed E-state index contributed by atoms with van der Waals surface area (Å²) in [7, 11) is -4.10. The van der Waals surface area contributed by atoms with Gasteiger partial charge in [0, 0.05) is 0 Å². The molecule has 18 heavy (non-hydrogen) atoms. The number of sulfonamides is 1. The van der Waals surface area contributed by atoms with Crippen LogP contribution in [0, 0.1) is 6.92 Å². The van der Waals surface area contributed by atoms with E-state index in [1.54, 1.807) is 24.4 Å². The van der Waals surface area contributed by atoms with Crippen LogP contribution < -0.4 is 10.4 Å². The molecule has 0 unspecified atom stereocenters. The Bertz CT molecular complexity index is 588. The van der Waals surface area contributed by atoms with Crippen molar-refractivity contribution < 1.29 is 18.3 Å². The van der Waals surface area contributed by atoms with Gasteiger partial charge in [-0.15, -0.1) is 0 Å². The zero-order chi connectivity index (χ0) is 13.8. The molecule has 0 aliphatic heterocycles. The van der Waals surface area contributed by atoms with Crippen molar-refractivity contribution in [3.8, 4) is 0 Å². The Kier molecular flexibility index (Phi) is 4.22. The molecule has 0 saturated carbocycles. The van der Waals surface area contributed by atoms with Crippen LogP contribution in [0.2, 0.25) is 0 Å². The van der Waals surface area contributed by atoms with Gasteiger partial charge in [0.2, 0.25) is 5.91 Å². The van der Waals surface area contributed by atoms with Crippen LogP contribution in [-0.2, 0) is 14.8 Å². The van der Waals surface area contributed by atoms with Gasteiger partial charge in [0.25, 0.3) is 10.0 Å². The summed E-state index contributed by atoms with van der Waals surface area (Å²) in [5.74, 6) is -0.817. The maximum absolute atomic E-state index is 11.7. The lowest BCUT2D eigenvalue weighted by Gasteiger charge is -2.10. The van der Waals surface area contributed by atoms with E-state index in [9.17, 15) is 18.3 Å². The number of nitrogens with one attached hydrogen (secondary N) is 1. The van der Waals surface area contributed by atoms with Crippen molar-refractivity contribution >= 4 is 22.0 Å². The fourth-order valence-electron chi connectivity index (χ4n) is 1.05. The molecular weight excluding hydrogens is 256 g/mol. The lowest BCUT2D eigenvalue weighted by Crippen LogP contribution is -2.39. The van der Waals surface area contributed by atoms with Crippen LogP contribution in [0.15, 0.2) is 46.2 Å². The average molecular weight is 267 g/mol. The van der Waals surface area contributed by atoms with E-state index in [0.29, 0.717) is 0 Å². The summed E-state index contributed by atoms with van der Waals surface area (Å²) in [5.41, 5.74) is 0.875. The Hall–Kier alpha value is -2.15. The molecule has 1 rings (SSSR count). The van der Waals surface area contributed by atoms with E-state index >= 15 is 0 Å². The average Bonchev–Trinajstić information content (AvgIpc) is 2.28. The van der Waals surface area contributed by atoms with E-state index in [0.717, 1.165) is 11.6 Å². The Balaban J connectivity index is 3.01. The van der Waals surface area contributed by atoms with Crippen molar-refractivity contribution in [1.82, 2.24) is 5.32 Å². The lowest BCUT2D eigenvalue weighted by atomic mass is 10.2. The molecule has 0 fully saturated rings. The summed E-state index contributed by atoms with van der Waals surface area (Å²) < 4.78 is 26.3. The quantitative estimate of drug-likeness (QED) is 0.462. The maximum atomic E-state index is 11.7. The lowest BCUT2D eigenvalue weighted by molar-refractivity contribution is -0.220. The van der Waals surface area contributed by atoms with Crippen molar-refractivity contribution in [3.05, 3.63) is 42.5 Å². The molecule has 6 nitrogen and oxygen atoms in total. The molecule has 0 spiro atoms. The summed E-state index contributed by atoms with van der Waals surface area (Å²) >= 11 is 0. The number of aryl methyl sites for hydroxylation is 1. The van der Waals surface area contributed by atoms with Gasteiger partial charge >= 0.3 is 0 Å². The van der Waals surface area contributed by atoms with Crippen LogP contribution in [-0.4, -0.2) is 20.3 Å². The predicted octanol–water partition coefficient (Wildman–Crippen LogP) is -0.298. The molecule has 0 bridgehead atoms. The summed E-state index contributed by atoms with van der Waals surface area (Å²) in [4.78, 5) is 10.7. The van der Waals surface area contributed by atoms with E-state index < -0.39 is 22.0 Å². The smallest absolute Gasteiger partial charge is 0.283 e. The molecule has 0 aliphatic carbocycles. The number of amides is 1. The number of carbonyl (C=O) groups excluding carboxylic acids is 1. The summed E-state index contributed by atoms with van der Waals surface area (Å²) in [6.07, 6.45) is 0.839. The van der Waals surface area contributed by atoms with Gasteiger partial charge in [-0.25, -0.2) is 0 Å². The SMILES string of the molecule is C=CC(=O)N/C([O-])=N/S(=O)(=O)c1ccc(C)cc1. The van der Waals surface area contributed by atoms with Crippen LogP contribution in [0.1, 0.15) is 5.56 Å². The normalized spacial score (nSPS) is 11.9. The summed E-state index contributed by atoms with van der Waals surface area (Å²) in [6.45, 7) is 4.92. The number of carbonyl (C=O) groups is 1. The first-order chi connectivity index (χ1) is 8.35. The second kappa shape index (κ2) is 5.46. The molecule has 1 N–H and O–H groups in total. The Morgan fingerprint density at radius 3 is 2.44 bits per heavy atom. The predicted molar refractivity (Wildman–Crippen MR) is 64.1 cm³/mol. The fraction of sp³-hybridized carbons (Fsp3) is 0.0909. The third kappa shape index (κ3) is 3.70. The number of amidine groups is 1. The van der Waals surface area contributed by atoms with Gasteiger partial charge < -0.3 is 10.4 Å². The fourth-order valence-corrected chi connectivity index (χ4v) is 1.90. The number of hydrogen-bond acceptors (Lipinski definition) is 4. The highest BCUT2D eigenvalue weighted by Crippen LogP contribution is 2.12. The monoisotopic (exact) mass is 267 g/mol. The molecule has 96 valence electrons. The molecule has 0 saturated heterocycles. The van der Waals surface area contributed by atoms with Crippen molar-refractivity contribution in [2.75, 3.05) is 0 Å². The molecule has 1 aromatic carbocycles. The molecule has 0 aromatic heterocycles. The molecule has 0 radical (unpaired) electrons. The molecule has 1 aromatic rings. The van der Waals surface area contributed by atoms with Gasteiger partial charge in [0.05, 0.1) is 10.9 Å². The zero-order valence-corrected chi connectivity index (χ0v) is 10.4. The summed E-state index contributed by atoms with van der Waals surface area (Å²) in [5, 5.41) is 12.9. The van der Waals surface area contributed by atoms with Gasteiger partial charge in [0.15, 0.2) is 0 Å². The highest BCUT2D eigenvalue weighted by molar-refractivity contribution is 7.90. The first kappa shape index (κ1) is 13.9. The molecule has 7 heteroatoms. The van der Waals surface area contributed by atoms with Gasteiger partial charge in [-0.05, 0) is 25.1 Å². The van der Waals surface area contributed by atoms with Gasteiger partial charge in [-0.2, -0.15) is 12.8 Å². The number of hydrogen-bond donors (Lipinski definition) is 1. The molecule has 0 heterocycles. The summed E-state index contributed by atoms with van der Waals surface area (Å²) in [6, 6.07) is 4.57. The largest absolute Gasteiger partial charge is 0.845 e. The van der Waals surface area contributed by atoms with Gasteiger partial charge in [-0.1, -0.05) is 24.3 Å². The second-order valence-corrected chi connectivity index (χ2v) is 4.98. The Morgan fingerprint density at radius 2 is 1.94 bits per heavy atom. The Labute approximate surface area is 105 Å².